The summed E-state index contributed by atoms with van der Waals surface area (Å²) in [4.78, 5) is 13.9. The van der Waals surface area contributed by atoms with Crippen LogP contribution in [-0.2, 0) is 34.7 Å². The van der Waals surface area contributed by atoms with E-state index in [2.05, 4.69) is 12.1 Å². The highest BCUT2D eigenvalue weighted by Crippen LogP contribution is 2.55. The molecule has 2 aromatic carbocycles. The van der Waals surface area contributed by atoms with Crippen molar-refractivity contribution in [1.82, 2.24) is 0 Å². The van der Waals surface area contributed by atoms with E-state index in [1.807, 2.05) is 24.3 Å². The molecule has 31 heavy (non-hydrogen) atoms. The SMILES string of the molecule is O=C(COc1ccc([S+]2CCCC2)c2ccccc12)OC1C2CC3C1OS(=O)(=O)C3C2. The first-order valence-corrected chi connectivity index (χ1v) is 14.0. The second-order valence-corrected chi connectivity index (χ2v) is 13.0. The lowest BCUT2D eigenvalue weighted by Gasteiger charge is -2.24. The van der Waals surface area contributed by atoms with Crippen molar-refractivity contribution in [3.63, 3.8) is 0 Å². The lowest BCUT2D eigenvalue weighted by Crippen LogP contribution is -2.38. The van der Waals surface area contributed by atoms with Gasteiger partial charge in [0.15, 0.2) is 11.5 Å². The van der Waals surface area contributed by atoms with Crippen LogP contribution in [0.2, 0.25) is 0 Å². The fourth-order valence-corrected chi connectivity index (χ4v) is 10.2. The van der Waals surface area contributed by atoms with Gasteiger partial charge in [-0.1, -0.05) is 18.2 Å². The van der Waals surface area contributed by atoms with E-state index >= 15 is 0 Å². The molecule has 6 nitrogen and oxygen atoms in total. The zero-order chi connectivity index (χ0) is 21.2. The van der Waals surface area contributed by atoms with Gasteiger partial charge in [0.05, 0.1) is 5.25 Å². The van der Waals surface area contributed by atoms with Crippen LogP contribution >= 0.6 is 0 Å². The van der Waals surface area contributed by atoms with Gasteiger partial charge in [0.1, 0.15) is 29.5 Å². The van der Waals surface area contributed by atoms with Gasteiger partial charge in [-0.3, -0.25) is 4.18 Å². The summed E-state index contributed by atoms with van der Waals surface area (Å²) in [5.41, 5.74) is 0. The van der Waals surface area contributed by atoms with Gasteiger partial charge in [0.2, 0.25) is 0 Å². The minimum atomic E-state index is -3.51. The number of esters is 1. The van der Waals surface area contributed by atoms with Crippen LogP contribution in [0.15, 0.2) is 41.3 Å². The van der Waals surface area contributed by atoms with E-state index < -0.39 is 33.5 Å². The average Bonchev–Trinajstić information content (AvgIpc) is 3.52. The molecule has 6 rings (SSSR count). The average molecular weight is 462 g/mol. The molecule has 2 saturated carbocycles. The molecule has 2 heterocycles. The highest BCUT2D eigenvalue weighted by molar-refractivity contribution is 7.97. The summed E-state index contributed by atoms with van der Waals surface area (Å²) < 4.78 is 41.0. The van der Waals surface area contributed by atoms with Gasteiger partial charge < -0.3 is 9.47 Å². The Balaban J connectivity index is 1.16. The fraction of sp³-hybridized carbons (Fsp3) is 0.522. The zero-order valence-corrected chi connectivity index (χ0v) is 18.7. The summed E-state index contributed by atoms with van der Waals surface area (Å²) in [7, 11) is -3.22. The smallest absolute Gasteiger partial charge is 0.344 e. The summed E-state index contributed by atoms with van der Waals surface area (Å²) in [6.45, 7) is -0.203. The van der Waals surface area contributed by atoms with E-state index in [0.717, 1.165) is 11.8 Å². The van der Waals surface area contributed by atoms with Crippen LogP contribution in [0.1, 0.15) is 25.7 Å². The summed E-state index contributed by atoms with van der Waals surface area (Å²) in [6.07, 6.45) is 2.84. The number of carbonyl (C=O) groups is 1. The van der Waals surface area contributed by atoms with Crippen LogP contribution in [0, 0.1) is 11.8 Å². The third kappa shape index (κ3) is 3.26. The van der Waals surface area contributed by atoms with Crippen molar-refractivity contribution in [2.45, 2.75) is 48.0 Å². The molecule has 5 unspecified atom stereocenters. The first-order valence-electron chi connectivity index (χ1n) is 10.9. The number of rotatable bonds is 5. The summed E-state index contributed by atoms with van der Waals surface area (Å²) in [5.74, 6) is 2.72. The molecule has 164 valence electrons. The number of fused-ring (bicyclic) bond motifs is 2. The van der Waals surface area contributed by atoms with E-state index in [0.29, 0.717) is 23.1 Å². The van der Waals surface area contributed by atoms with E-state index in [1.165, 1.54) is 34.6 Å². The Morgan fingerprint density at radius 1 is 1.06 bits per heavy atom. The quantitative estimate of drug-likeness (QED) is 0.387. The topological polar surface area (TPSA) is 78.9 Å². The Morgan fingerprint density at radius 2 is 1.84 bits per heavy atom. The van der Waals surface area contributed by atoms with Gasteiger partial charge in [0, 0.05) is 33.5 Å². The highest BCUT2D eigenvalue weighted by atomic mass is 32.2. The molecule has 0 aromatic heterocycles. The monoisotopic (exact) mass is 461 g/mol. The van der Waals surface area contributed by atoms with E-state index in [9.17, 15) is 13.2 Å². The highest BCUT2D eigenvalue weighted by Gasteiger charge is 2.65. The molecule has 2 bridgehead atoms. The van der Waals surface area contributed by atoms with E-state index in [4.69, 9.17) is 13.7 Å². The maximum absolute atomic E-state index is 12.5. The second kappa shape index (κ2) is 7.39. The number of hydrogen-bond donors (Lipinski definition) is 0. The fourth-order valence-electron chi connectivity index (χ4n) is 5.86. The number of benzene rings is 2. The molecule has 0 spiro atoms. The molecule has 4 aliphatic rings. The predicted octanol–water partition coefficient (Wildman–Crippen LogP) is 3.04. The number of carbonyl (C=O) groups excluding carboxylic acids is 1. The van der Waals surface area contributed by atoms with Crippen LogP contribution in [0.5, 0.6) is 5.75 Å². The Kier molecular flexibility index (Phi) is 4.74. The van der Waals surface area contributed by atoms with Crippen molar-refractivity contribution in [2.24, 2.45) is 11.8 Å². The molecule has 8 heteroatoms. The molecule has 4 fully saturated rings. The Labute approximate surface area is 184 Å². The molecule has 5 atom stereocenters. The minimum absolute atomic E-state index is 0.0402. The van der Waals surface area contributed by atoms with Gasteiger partial charge in [-0.05, 0) is 43.9 Å². The van der Waals surface area contributed by atoms with Crippen molar-refractivity contribution >= 4 is 37.8 Å². The Morgan fingerprint density at radius 3 is 2.65 bits per heavy atom. The van der Waals surface area contributed by atoms with Gasteiger partial charge in [-0.15, -0.1) is 0 Å². The molecular weight excluding hydrogens is 436 g/mol. The molecule has 0 amide bonds. The lowest BCUT2D eigenvalue weighted by atomic mass is 9.94. The van der Waals surface area contributed by atoms with Crippen LogP contribution < -0.4 is 4.74 Å². The molecule has 2 aromatic rings. The molecule has 0 radical (unpaired) electrons. The predicted molar refractivity (Wildman–Crippen MR) is 118 cm³/mol. The third-order valence-corrected chi connectivity index (χ3v) is 11.5. The first kappa shape index (κ1) is 19.9. The number of hydrogen-bond acceptors (Lipinski definition) is 6. The van der Waals surface area contributed by atoms with Crippen molar-refractivity contribution in [2.75, 3.05) is 18.1 Å². The third-order valence-electron chi connectivity index (χ3n) is 7.21. The molecule has 2 aliphatic carbocycles. The van der Waals surface area contributed by atoms with Crippen molar-refractivity contribution in [3.8, 4) is 5.75 Å². The van der Waals surface area contributed by atoms with Gasteiger partial charge >= 0.3 is 5.97 Å². The van der Waals surface area contributed by atoms with Crippen molar-refractivity contribution < 1.29 is 26.9 Å². The number of ether oxygens (including phenoxy) is 2. The van der Waals surface area contributed by atoms with Crippen LogP contribution in [0.4, 0.5) is 0 Å². The van der Waals surface area contributed by atoms with Crippen LogP contribution in [0.25, 0.3) is 10.8 Å². The van der Waals surface area contributed by atoms with E-state index in [1.54, 1.807) is 0 Å². The van der Waals surface area contributed by atoms with E-state index in [-0.39, 0.29) is 18.4 Å². The van der Waals surface area contributed by atoms with Gasteiger partial charge in [-0.25, -0.2) is 4.79 Å². The Bertz CT molecular complexity index is 1140. The molecular formula is C23H25O6S2+. The zero-order valence-electron chi connectivity index (χ0n) is 17.1. The molecule has 0 N–H and O–H groups in total. The summed E-state index contributed by atoms with van der Waals surface area (Å²) >= 11 is 0. The normalized spacial score (nSPS) is 33.2. The maximum Gasteiger partial charge on any atom is 0.344 e. The van der Waals surface area contributed by atoms with Crippen molar-refractivity contribution in [1.29, 1.82) is 0 Å². The summed E-state index contributed by atoms with van der Waals surface area (Å²) in [6, 6.07) is 12.3. The standard InChI is InChI=1S/C23H25O6S2/c24-21(28-22-14-11-17-20(12-14)31(25,26)29-23(17)22)13-27-18-7-8-19(30-9-3-4-10-30)16-6-2-1-5-15(16)18/h1-2,5-8,14,17,20,22-23H,3-4,9-13H2/q+1. The van der Waals surface area contributed by atoms with Crippen LogP contribution in [-0.4, -0.2) is 50.0 Å². The maximum atomic E-state index is 12.5. The van der Waals surface area contributed by atoms with Crippen LogP contribution in [0.3, 0.4) is 0 Å². The van der Waals surface area contributed by atoms with Crippen molar-refractivity contribution in [3.05, 3.63) is 36.4 Å². The van der Waals surface area contributed by atoms with Gasteiger partial charge in [-0.2, -0.15) is 8.42 Å². The first-order chi connectivity index (χ1) is 15.0. The summed E-state index contributed by atoms with van der Waals surface area (Å²) in [5, 5.41) is 1.79. The minimum Gasteiger partial charge on any atom is -0.481 e. The lowest BCUT2D eigenvalue weighted by molar-refractivity contribution is -0.158. The second-order valence-electron chi connectivity index (χ2n) is 8.95. The largest absolute Gasteiger partial charge is 0.481 e. The van der Waals surface area contributed by atoms with Gasteiger partial charge in [0.25, 0.3) is 10.1 Å². The Hall–Kier alpha value is -1.77. The molecule has 2 saturated heterocycles. The molecule has 2 aliphatic heterocycles.